The van der Waals surface area contributed by atoms with Gasteiger partial charge in [-0.05, 0) is 12.1 Å². The van der Waals surface area contributed by atoms with Gasteiger partial charge in [0.15, 0.2) is 5.69 Å². The SMILES string of the molecule is CCC(=O)Nc1cccc2c(C(=O)O)nccc12. The standard InChI is InChI=1S/C13H12N2O3/c1-2-11(16)15-10-5-3-4-9-8(10)6-7-14-12(9)13(17)18/h3-7H,2H2,1H3,(H,15,16)(H,17,18). The number of carboxylic acid groups (broad SMARTS) is 1. The third kappa shape index (κ3) is 2.15. The number of nitrogens with one attached hydrogen (secondary N) is 1. The topological polar surface area (TPSA) is 79.3 Å². The van der Waals surface area contributed by atoms with Gasteiger partial charge in [0.2, 0.25) is 5.91 Å². The van der Waals surface area contributed by atoms with E-state index in [-0.39, 0.29) is 11.6 Å². The van der Waals surface area contributed by atoms with Crippen molar-refractivity contribution in [2.24, 2.45) is 0 Å². The molecular weight excluding hydrogens is 232 g/mol. The lowest BCUT2D eigenvalue weighted by Gasteiger charge is -2.08. The zero-order valence-electron chi connectivity index (χ0n) is 9.80. The highest BCUT2D eigenvalue weighted by atomic mass is 16.4. The summed E-state index contributed by atoms with van der Waals surface area (Å²) < 4.78 is 0. The van der Waals surface area contributed by atoms with Crippen molar-refractivity contribution in [2.45, 2.75) is 13.3 Å². The first-order chi connectivity index (χ1) is 8.63. The molecule has 1 aromatic heterocycles. The number of benzene rings is 1. The minimum absolute atomic E-state index is 0.0138. The summed E-state index contributed by atoms with van der Waals surface area (Å²) in [6.45, 7) is 1.75. The fraction of sp³-hybridized carbons (Fsp3) is 0.154. The number of hydrogen-bond acceptors (Lipinski definition) is 3. The van der Waals surface area contributed by atoms with Gasteiger partial charge in [0, 0.05) is 29.1 Å². The molecule has 0 spiro atoms. The van der Waals surface area contributed by atoms with Crippen LogP contribution in [0.15, 0.2) is 30.5 Å². The van der Waals surface area contributed by atoms with Gasteiger partial charge in [-0.25, -0.2) is 9.78 Å². The van der Waals surface area contributed by atoms with Gasteiger partial charge in [-0.3, -0.25) is 4.79 Å². The van der Waals surface area contributed by atoms with Gasteiger partial charge in [0.1, 0.15) is 0 Å². The summed E-state index contributed by atoms with van der Waals surface area (Å²) in [5.41, 5.74) is 0.587. The smallest absolute Gasteiger partial charge is 0.355 e. The Labute approximate surface area is 103 Å². The first-order valence-electron chi connectivity index (χ1n) is 5.54. The van der Waals surface area contributed by atoms with Crippen molar-refractivity contribution in [1.29, 1.82) is 0 Å². The number of nitrogens with zero attached hydrogens (tertiary/aromatic N) is 1. The van der Waals surface area contributed by atoms with Gasteiger partial charge in [0.25, 0.3) is 0 Å². The van der Waals surface area contributed by atoms with E-state index in [2.05, 4.69) is 10.3 Å². The molecule has 0 aliphatic rings. The maximum Gasteiger partial charge on any atom is 0.355 e. The van der Waals surface area contributed by atoms with Crippen LogP contribution in [0.5, 0.6) is 0 Å². The molecule has 2 N–H and O–H groups in total. The second-order valence-electron chi connectivity index (χ2n) is 3.77. The molecule has 18 heavy (non-hydrogen) atoms. The summed E-state index contributed by atoms with van der Waals surface area (Å²) in [6, 6.07) is 6.80. The van der Waals surface area contributed by atoms with E-state index < -0.39 is 5.97 Å². The van der Waals surface area contributed by atoms with Crippen LogP contribution in [-0.2, 0) is 4.79 Å². The highest BCUT2D eigenvalue weighted by Crippen LogP contribution is 2.25. The highest BCUT2D eigenvalue weighted by Gasteiger charge is 2.12. The normalized spacial score (nSPS) is 10.3. The summed E-state index contributed by atoms with van der Waals surface area (Å²) >= 11 is 0. The number of carboxylic acids is 1. The Hall–Kier alpha value is -2.43. The summed E-state index contributed by atoms with van der Waals surface area (Å²) in [4.78, 5) is 26.3. The molecule has 0 aliphatic heterocycles. The van der Waals surface area contributed by atoms with Crippen LogP contribution in [0.3, 0.4) is 0 Å². The van der Waals surface area contributed by atoms with Crippen molar-refractivity contribution >= 4 is 28.3 Å². The first kappa shape index (κ1) is 12.0. The quantitative estimate of drug-likeness (QED) is 0.868. The number of carbonyl (C=O) groups is 2. The lowest BCUT2D eigenvalue weighted by atomic mass is 10.1. The Balaban J connectivity index is 2.60. The largest absolute Gasteiger partial charge is 0.476 e. The van der Waals surface area contributed by atoms with E-state index in [1.165, 1.54) is 6.20 Å². The van der Waals surface area contributed by atoms with Crippen molar-refractivity contribution in [3.8, 4) is 0 Å². The zero-order chi connectivity index (χ0) is 13.1. The molecule has 92 valence electrons. The molecule has 5 nitrogen and oxygen atoms in total. The fourth-order valence-corrected chi connectivity index (χ4v) is 1.73. The molecule has 0 atom stereocenters. The molecule has 5 heteroatoms. The Morgan fingerprint density at radius 3 is 2.72 bits per heavy atom. The molecule has 1 aromatic carbocycles. The molecular formula is C13H12N2O3. The molecule has 2 rings (SSSR count). The summed E-state index contributed by atoms with van der Waals surface area (Å²) in [6.07, 6.45) is 1.79. The van der Waals surface area contributed by atoms with E-state index in [9.17, 15) is 9.59 Å². The second kappa shape index (κ2) is 4.83. The predicted molar refractivity (Wildman–Crippen MR) is 67.6 cm³/mol. The minimum Gasteiger partial charge on any atom is -0.476 e. The molecule has 0 saturated carbocycles. The predicted octanol–water partition coefficient (Wildman–Crippen LogP) is 2.28. The first-order valence-corrected chi connectivity index (χ1v) is 5.54. The third-order valence-electron chi connectivity index (χ3n) is 2.60. The summed E-state index contributed by atoms with van der Waals surface area (Å²) in [5, 5.41) is 13.0. The zero-order valence-corrected chi connectivity index (χ0v) is 9.80. The van der Waals surface area contributed by atoms with Gasteiger partial charge in [-0.15, -0.1) is 0 Å². The van der Waals surface area contributed by atoms with Gasteiger partial charge in [-0.1, -0.05) is 19.1 Å². The summed E-state index contributed by atoms with van der Waals surface area (Å²) in [7, 11) is 0. The summed E-state index contributed by atoms with van der Waals surface area (Å²) in [5.74, 6) is -1.20. The Morgan fingerprint density at radius 1 is 1.28 bits per heavy atom. The van der Waals surface area contributed by atoms with Gasteiger partial charge in [-0.2, -0.15) is 0 Å². The molecule has 0 aliphatic carbocycles. The molecule has 1 heterocycles. The number of carbonyl (C=O) groups excluding carboxylic acids is 1. The van der Waals surface area contributed by atoms with E-state index in [1.807, 2.05) is 0 Å². The number of amides is 1. The highest BCUT2D eigenvalue weighted by molar-refractivity contribution is 6.08. The molecule has 0 saturated heterocycles. The monoisotopic (exact) mass is 244 g/mol. The van der Waals surface area contributed by atoms with Crippen LogP contribution in [0, 0.1) is 0 Å². The van der Waals surface area contributed by atoms with Crippen molar-refractivity contribution in [2.75, 3.05) is 5.32 Å². The van der Waals surface area contributed by atoms with Crippen molar-refractivity contribution < 1.29 is 14.7 Å². The van der Waals surface area contributed by atoms with E-state index in [0.717, 1.165) is 0 Å². The van der Waals surface area contributed by atoms with E-state index in [0.29, 0.717) is 22.9 Å². The van der Waals surface area contributed by atoms with Crippen LogP contribution in [0.4, 0.5) is 5.69 Å². The minimum atomic E-state index is -1.08. The van der Waals surface area contributed by atoms with Crippen molar-refractivity contribution in [3.63, 3.8) is 0 Å². The fourth-order valence-electron chi connectivity index (χ4n) is 1.73. The van der Waals surface area contributed by atoms with Crippen LogP contribution in [-0.4, -0.2) is 22.0 Å². The maximum absolute atomic E-state index is 11.4. The lowest BCUT2D eigenvalue weighted by Crippen LogP contribution is -2.10. The third-order valence-corrected chi connectivity index (χ3v) is 2.60. The number of anilines is 1. The molecule has 0 bridgehead atoms. The van der Waals surface area contributed by atoms with Crippen LogP contribution in [0.2, 0.25) is 0 Å². The van der Waals surface area contributed by atoms with Gasteiger partial charge < -0.3 is 10.4 Å². The van der Waals surface area contributed by atoms with Gasteiger partial charge in [0.05, 0.1) is 0 Å². The Kier molecular flexibility index (Phi) is 3.23. The number of hydrogen-bond donors (Lipinski definition) is 2. The van der Waals surface area contributed by atoms with Crippen LogP contribution in [0.1, 0.15) is 23.8 Å². The van der Waals surface area contributed by atoms with E-state index in [4.69, 9.17) is 5.11 Å². The Morgan fingerprint density at radius 2 is 2.06 bits per heavy atom. The molecule has 0 fully saturated rings. The molecule has 1 amide bonds. The molecule has 2 aromatic rings. The maximum atomic E-state index is 11.4. The molecule has 0 unspecified atom stereocenters. The number of aromatic nitrogens is 1. The van der Waals surface area contributed by atoms with Crippen LogP contribution < -0.4 is 5.32 Å². The van der Waals surface area contributed by atoms with E-state index in [1.54, 1.807) is 31.2 Å². The second-order valence-corrected chi connectivity index (χ2v) is 3.77. The number of rotatable bonds is 3. The lowest BCUT2D eigenvalue weighted by molar-refractivity contribution is -0.115. The number of aromatic carboxylic acids is 1. The molecule has 0 radical (unpaired) electrons. The van der Waals surface area contributed by atoms with Crippen molar-refractivity contribution in [3.05, 3.63) is 36.2 Å². The Bertz CT molecular complexity index is 623. The number of pyridine rings is 1. The van der Waals surface area contributed by atoms with Gasteiger partial charge >= 0.3 is 5.97 Å². The van der Waals surface area contributed by atoms with Crippen molar-refractivity contribution in [1.82, 2.24) is 4.98 Å². The average Bonchev–Trinajstić information content (AvgIpc) is 2.38. The van der Waals surface area contributed by atoms with Crippen LogP contribution >= 0.6 is 0 Å². The average molecular weight is 244 g/mol. The van der Waals surface area contributed by atoms with E-state index >= 15 is 0 Å². The van der Waals surface area contributed by atoms with Crippen LogP contribution in [0.25, 0.3) is 10.8 Å². The number of fused-ring (bicyclic) bond motifs is 1.